The van der Waals surface area contributed by atoms with E-state index in [-0.39, 0.29) is 50.1 Å². The van der Waals surface area contributed by atoms with Gasteiger partial charge in [0.1, 0.15) is 6.04 Å². The highest BCUT2D eigenvalue weighted by atomic mass is 32.2. The normalized spacial score (nSPS) is 22.5. The van der Waals surface area contributed by atoms with Crippen molar-refractivity contribution in [2.45, 2.75) is 49.3 Å². The largest absolute Gasteiger partial charge is 0.383 e. The van der Waals surface area contributed by atoms with Gasteiger partial charge < -0.3 is 24.6 Å². The van der Waals surface area contributed by atoms with Gasteiger partial charge in [0.15, 0.2) is 6.10 Å². The number of nitrogens with zero attached hydrogens (tertiary/aromatic N) is 3. The van der Waals surface area contributed by atoms with E-state index in [1.807, 2.05) is 6.92 Å². The van der Waals surface area contributed by atoms with E-state index < -0.39 is 40.1 Å². The van der Waals surface area contributed by atoms with Gasteiger partial charge in [0, 0.05) is 46.3 Å². The molecule has 2 fully saturated rings. The van der Waals surface area contributed by atoms with Gasteiger partial charge in [-0.1, -0.05) is 17.7 Å². The predicted octanol–water partition coefficient (Wildman–Crippen LogP) is 0.683. The van der Waals surface area contributed by atoms with Crippen LogP contribution in [0.25, 0.3) is 0 Å². The monoisotopic (exact) mass is 536 g/mol. The van der Waals surface area contributed by atoms with Crippen molar-refractivity contribution >= 4 is 21.9 Å². The van der Waals surface area contributed by atoms with Gasteiger partial charge in [-0.05, 0) is 38.3 Å². The number of ether oxygens (including phenoxy) is 2. The average Bonchev–Trinajstić information content (AvgIpc) is 3.57. The van der Waals surface area contributed by atoms with Crippen LogP contribution in [0.3, 0.4) is 0 Å². The molecule has 0 bridgehead atoms. The van der Waals surface area contributed by atoms with Crippen LogP contribution < -0.4 is 5.32 Å². The summed E-state index contributed by atoms with van der Waals surface area (Å²) in [6.07, 6.45) is 0.240. The number of aryl methyl sites for hydroxylation is 1. The maximum absolute atomic E-state index is 13.7. The fraction of sp³-hybridized carbons (Fsp3) is 0.640. The Kier molecular flexibility index (Phi) is 10.4. The number of carbonyl (C=O) groups excluding carboxylic acids is 2. The molecule has 0 spiro atoms. The number of nitriles is 1. The smallest absolute Gasteiger partial charge is 0.297 e. The SMILES string of the molecule is COCCN(CCOC)C(=O)C(OS(=O)(=O)c1ccc(C)cc1)[C@H]1CN[C@H](C(=O)N2CCC[C@H]2C#N)C1. The molecular formula is C25H36N4O7S. The number of benzene rings is 1. The number of nitrogens with one attached hydrogen (secondary N) is 1. The molecule has 11 nitrogen and oxygen atoms in total. The van der Waals surface area contributed by atoms with Crippen LogP contribution in [0.15, 0.2) is 29.2 Å². The Balaban J connectivity index is 1.85. The van der Waals surface area contributed by atoms with E-state index in [9.17, 15) is 23.3 Å². The summed E-state index contributed by atoms with van der Waals surface area (Å²) in [6, 6.07) is 7.26. The maximum Gasteiger partial charge on any atom is 0.297 e. The molecule has 0 aromatic heterocycles. The van der Waals surface area contributed by atoms with Gasteiger partial charge in [-0.2, -0.15) is 13.7 Å². The average molecular weight is 537 g/mol. The van der Waals surface area contributed by atoms with Crippen LogP contribution in [0.4, 0.5) is 0 Å². The fourth-order valence-electron chi connectivity index (χ4n) is 4.68. The van der Waals surface area contributed by atoms with E-state index >= 15 is 0 Å². The summed E-state index contributed by atoms with van der Waals surface area (Å²) in [4.78, 5) is 29.8. The van der Waals surface area contributed by atoms with Crippen LogP contribution in [-0.2, 0) is 33.4 Å². The first-order valence-electron chi connectivity index (χ1n) is 12.4. The molecule has 2 saturated heterocycles. The first-order chi connectivity index (χ1) is 17.7. The number of hydrogen-bond donors (Lipinski definition) is 1. The first-order valence-corrected chi connectivity index (χ1v) is 13.8. The molecule has 1 aromatic carbocycles. The van der Waals surface area contributed by atoms with Crippen molar-refractivity contribution in [2.24, 2.45) is 5.92 Å². The molecule has 37 heavy (non-hydrogen) atoms. The summed E-state index contributed by atoms with van der Waals surface area (Å²) in [5, 5.41) is 12.5. The second-order valence-corrected chi connectivity index (χ2v) is 10.9. The molecule has 2 aliphatic rings. The molecule has 0 radical (unpaired) electrons. The highest BCUT2D eigenvalue weighted by molar-refractivity contribution is 7.86. The van der Waals surface area contributed by atoms with Crippen LogP contribution in [-0.4, -0.2) is 102 Å². The van der Waals surface area contributed by atoms with E-state index in [0.717, 1.165) is 12.0 Å². The Morgan fingerprint density at radius 3 is 2.43 bits per heavy atom. The predicted molar refractivity (Wildman–Crippen MR) is 134 cm³/mol. The zero-order chi connectivity index (χ0) is 27.0. The van der Waals surface area contributed by atoms with E-state index in [1.165, 1.54) is 31.3 Å². The minimum Gasteiger partial charge on any atom is -0.383 e. The van der Waals surface area contributed by atoms with Crippen LogP contribution in [0.1, 0.15) is 24.8 Å². The van der Waals surface area contributed by atoms with Crippen molar-refractivity contribution in [1.82, 2.24) is 15.1 Å². The van der Waals surface area contributed by atoms with Crippen LogP contribution in [0.5, 0.6) is 0 Å². The summed E-state index contributed by atoms with van der Waals surface area (Å²) in [5.74, 6) is -1.31. The Labute approximate surface area is 218 Å². The topological polar surface area (TPSA) is 138 Å². The molecule has 3 rings (SSSR count). The summed E-state index contributed by atoms with van der Waals surface area (Å²) in [5.41, 5.74) is 0.885. The number of likely N-dealkylation sites (tertiary alicyclic amines) is 1. The fourth-order valence-corrected chi connectivity index (χ4v) is 5.77. The molecule has 12 heteroatoms. The van der Waals surface area contributed by atoms with Gasteiger partial charge in [0.2, 0.25) is 5.91 Å². The van der Waals surface area contributed by atoms with Gasteiger partial charge in [-0.3, -0.25) is 13.8 Å². The van der Waals surface area contributed by atoms with Gasteiger partial charge >= 0.3 is 0 Å². The molecule has 204 valence electrons. The van der Waals surface area contributed by atoms with Crippen molar-refractivity contribution in [1.29, 1.82) is 5.26 Å². The summed E-state index contributed by atoms with van der Waals surface area (Å²) < 4.78 is 42.3. The Morgan fingerprint density at radius 2 is 1.84 bits per heavy atom. The van der Waals surface area contributed by atoms with Crippen LogP contribution in [0.2, 0.25) is 0 Å². The number of amides is 2. The molecule has 2 heterocycles. The van der Waals surface area contributed by atoms with E-state index in [0.29, 0.717) is 13.0 Å². The van der Waals surface area contributed by atoms with E-state index in [1.54, 1.807) is 17.0 Å². The lowest BCUT2D eigenvalue weighted by molar-refractivity contribution is -0.142. The zero-order valence-electron chi connectivity index (χ0n) is 21.6. The van der Waals surface area contributed by atoms with Crippen molar-refractivity contribution in [3.63, 3.8) is 0 Å². The van der Waals surface area contributed by atoms with E-state index in [2.05, 4.69) is 11.4 Å². The third-order valence-corrected chi connectivity index (χ3v) is 8.11. The molecule has 2 amide bonds. The molecule has 0 aliphatic carbocycles. The second kappa shape index (κ2) is 13.3. The van der Waals surface area contributed by atoms with Gasteiger partial charge in [0.25, 0.3) is 16.0 Å². The van der Waals surface area contributed by atoms with Crippen molar-refractivity contribution < 1.29 is 31.7 Å². The highest BCUT2D eigenvalue weighted by Gasteiger charge is 2.44. The van der Waals surface area contributed by atoms with Crippen LogP contribution in [0, 0.1) is 24.2 Å². The third kappa shape index (κ3) is 7.27. The van der Waals surface area contributed by atoms with Gasteiger partial charge in [-0.25, -0.2) is 0 Å². The lowest BCUT2D eigenvalue weighted by Crippen LogP contribution is -2.48. The van der Waals surface area contributed by atoms with E-state index in [4.69, 9.17) is 13.7 Å². The molecule has 1 aromatic rings. The zero-order valence-corrected chi connectivity index (χ0v) is 22.4. The van der Waals surface area contributed by atoms with Crippen LogP contribution >= 0.6 is 0 Å². The summed E-state index contributed by atoms with van der Waals surface area (Å²) in [7, 11) is -1.25. The molecule has 1 unspecified atom stereocenters. The van der Waals surface area contributed by atoms with Gasteiger partial charge in [-0.15, -0.1) is 0 Å². The number of rotatable bonds is 12. The van der Waals surface area contributed by atoms with Crippen molar-refractivity contribution in [2.75, 3.05) is 53.6 Å². The maximum atomic E-state index is 13.7. The third-order valence-electron chi connectivity index (χ3n) is 6.80. The molecule has 1 N–H and O–H groups in total. The first kappa shape index (κ1) is 29.0. The lowest BCUT2D eigenvalue weighted by atomic mass is 9.97. The number of carbonyl (C=O) groups is 2. The highest BCUT2D eigenvalue weighted by Crippen LogP contribution is 2.28. The Hall–Kier alpha value is -2.56. The van der Waals surface area contributed by atoms with Crippen molar-refractivity contribution in [3.8, 4) is 6.07 Å². The quantitative estimate of drug-likeness (QED) is 0.382. The minimum absolute atomic E-state index is 0.0521. The molecule has 0 saturated carbocycles. The Morgan fingerprint density at radius 1 is 1.19 bits per heavy atom. The standard InChI is InChI=1S/C25H36N4O7S/c1-18-6-8-21(9-7-18)37(32,33)36-23(25(31)28(11-13-34-2)12-14-35-3)19-15-22(27-17-19)24(30)29-10-4-5-20(29)16-26/h6-9,19-20,22-23,27H,4-5,10-15,17H2,1-3H3/t19-,20+,22+,23?/m1/s1. The summed E-state index contributed by atoms with van der Waals surface area (Å²) in [6.45, 7) is 3.51. The lowest BCUT2D eigenvalue weighted by Gasteiger charge is -2.29. The molecule has 2 aliphatic heterocycles. The minimum atomic E-state index is -4.28. The Bertz CT molecular complexity index is 1070. The van der Waals surface area contributed by atoms with Gasteiger partial charge in [0.05, 0.1) is 30.2 Å². The van der Waals surface area contributed by atoms with Crippen molar-refractivity contribution in [3.05, 3.63) is 29.8 Å². The summed E-state index contributed by atoms with van der Waals surface area (Å²) >= 11 is 0. The molecule has 4 atom stereocenters. The number of hydrogen-bond acceptors (Lipinski definition) is 9. The molecular weight excluding hydrogens is 500 g/mol. The number of methoxy groups -OCH3 is 2. The second-order valence-electron chi connectivity index (χ2n) is 9.37.